The zero-order valence-corrected chi connectivity index (χ0v) is 16.4. The number of aliphatic hydroxyl groups is 2. The highest BCUT2D eigenvalue weighted by Crippen LogP contribution is 2.32. The predicted octanol–water partition coefficient (Wildman–Crippen LogP) is 5.27. The number of benzene rings is 3. The smallest absolute Gasteiger partial charge is 0.118 e. The first kappa shape index (κ1) is 18.9. The van der Waals surface area contributed by atoms with E-state index in [-0.39, 0.29) is 0 Å². The number of aliphatic hydroxyl groups excluding tert-OH is 2. The van der Waals surface area contributed by atoms with Gasteiger partial charge in [0.1, 0.15) is 18.0 Å². The van der Waals surface area contributed by atoms with Crippen LogP contribution in [0.15, 0.2) is 71.2 Å². The molecule has 0 saturated carbocycles. The average molecular weight is 434 g/mol. The minimum absolute atomic E-state index is 0.488. The lowest BCUT2D eigenvalue weighted by Crippen LogP contribution is -2.04. The summed E-state index contributed by atoms with van der Waals surface area (Å²) in [5.74, 6) is 0.731. The molecule has 2 atom stereocenters. The summed E-state index contributed by atoms with van der Waals surface area (Å²) < 4.78 is 5.98. The Morgan fingerprint density at radius 3 is 2.15 bits per heavy atom. The number of rotatable bonds is 5. The highest BCUT2D eigenvalue weighted by atomic mass is 79.9. The number of ether oxygens (including phenoxy) is 1. The Morgan fingerprint density at radius 2 is 1.50 bits per heavy atom. The topological polar surface area (TPSA) is 49.7 Å². The fraction of sp³-hybridized carbons (Fsp3) is 0.143. The van der Waals surface area contributed by atoms with Gasteiger partial charge in [-0.2, -0.15) is 0 Å². The van der Waals surface area contributed by atoms with Crippen molar-refractivity contribution in [3.8, 4) is 5.75 Å². The summed E-state index contributed by atoms with van der Waals surface area (Å²) >= 11 is 9.62. The van der Waals surface area contributed by atoms with Gasteiger partial charge in [0.05, 0.1) is 7.11 Å². The molecule has 26 heavy (non-hydrogen) atoms. The fourth-order valence-electron chi connectivity index (χ4n) is 2.78. The van der Waals surface area contributed by atoms with Crippen molar-refractivity contribution in [2.45, 2.75) is 12.2 Å². The van der Waals surface area contributed by atoms with Gasteiger partial charge in [-0.1, -0.05) is 57.9 Å². The van der Waals surface area contributed by atoms with Crippen molar-refractivity contribution in [1.82, 2.24) is 0 Å². The summed E-state index contributed by atoms with van der Waals surface area (Å²) in [4.78, 5) is 0. The molecule has 0 fully saturated rings. The lowest BCUT2D eigenvalue weighted by atomic mass is 9.95. The maximum atomic E-state index is 10.7. The Bertz CT molecular complexity index is 896. The minimum Gasteiger partial charge on any atom is -0.497 e. The van der Waals surface area contributed by atoms with Crippen LogP contribution in [0.2, 0.25) is 5.02 Å². The van der Waals surface area contributed by atoms with Crippen molar-refractivity contribution in [2.24, 2.45) is 0 Å². The van der Waals surface area contributed by atoms with E-state index in [9.17, 15) is 10.2 Å². The molecule has 0 amide bonds. The van der Waals surface area contributed by atoms with Gasteiger partial charge >= 0.3 is 0 Å². The van der Waals surface area contributed by atoms with Crippen LogP contribution in [-0.2, 0) is 0 Å². The van der Waals surface area contributed by atoms with Crippen LogP contribution >= 0.6 is 27.5 Å². The number of methoxy groups -OCH3 is 1. The van der Waals surface area contributed by atoms with Crippen molar-refractivity contribution in [3.63, 3.8) is 0 Å². The molecule has 0 bridgehead atoms. The van der Waals surface area contributed by atoms with E-state index in [0.717, 1.165) is 15.8 Å². The number of hydrogen-bond donors (Lipinski definition) is 2. The summed E-state index contributed by atoms with van der Waals surface area (Å²) in [6, 6.07) is 19.8. The first-order valence-electron chi connectivity index (χ1n) is 8.04. The predicted molar refractivity (Wildman–Crippen MR) is 107 cm³/mol. The lowest BCUT2D eigenvalue weighted by molar-refractivity contribution is 0.213. The monoisotopic (exact) mass is 432 g/mol. The van der Waals surface area contributed by atoms with Gasteiger partial charge in [0, 0.05) is 15.1 Å². The van der Waals surface area contributed by atoms with Crippen LogP contribution in [0.25, 0.3) is 0 Å². The van der Waals surface area contributed by atoms with Crippen LogP contribution in [0.3, 0.4) is 0 Å². The highest BCUT2D eigenvalue weighted by Gasteiger charge is 2.17. The van der Waals surface area contributed by atoms with Crippen LogP contribution in [0.4, 0.5) is 0 Å². The second-order valence-corrected chi connectivity index (χ2v) is 7.24. The Balaban J connectivity index is 1.90. The Hall–Kier alpha value is -1.85. The molecule has 3 rings (SSSR count). The molecule has 0 spiro atoms. The van der Waals surface area contributed by atoms with E-state index in [1.165, 1.54) is 0 Å². The standard InChI is InChI=1S/C21H18BrClO3/c1-26-17-8-5-13(6-9-17)20(24)14-3-2-4-15(11-14)21(25)18-12-16(22)7-10-19(18)23/h2-12,20-21,24-25H,1H3. The van der Waals surface area contributed by atoms with E-state index >= 15 is 0 Å². The average Bonchev–Trinajstić information content (AvgIpc) is 2.69. The third-order valence-electron chi connectivity index (χ3n) is 4.23. The summed E-state index contributed by atoms with van der Waals surface area (Å²) in [6.07, 6.45) is -1.69. The molecule has 0 aliphatic heterocycles. The number of halogens is 2. The molecular weight excluding hydrogens is 416 g/mol. The maximum absolute atomic E-state index is 10.7. The molecule has 3 nitrogen and oxygen atoms in total. The molecule has 0 saturated heterocycles. The van der Waals surface area contributed by atoms with Crippen LogP contribution < -0.4 is 4.74 Å². The van der Waals surface area contributed by atoms with Crippen molar-refractivity contribution < 1.29 is 14.9 Å². The van der Waals surface area contributed by atoms with Gasteiger partial charge in [0.25, 0.3) is 0 Å². The quantitative estimate of drug-likeness (QED) is 0.576. The van der Waals surface area contributed by atoms with Crippen molar-refractivity contribution >= 4 is 27.5 Å². The summed E-state index contributed by atoms with van der Waals surface area (Å²) in [6.45, 7) is 0. The van der Waals surface area contributed by atoms with Crippen molar-refractivity contribution in [1.29, 1.82) is 0 Å². The summed E-state index contributed by atoms with van der Waals surface area (Å²) in [5, 5.41) is 21.9. The molecule has 0 aliphatic carbocycles. The van der Waals surface area contributed by atoms with Crippen LogP contribution in [0, 0.1) is 0 Å². The van der Waals surface area contributed by atoms with E-state index < -0.39 is 12.2 Å². The normalized spacial score (nSPS) is 13.3. The molecule has 2 N–H and O–H groups in total. The van der Waals surface area contributed by atoms with E-state index in [1.807, 2.05) is 36.4 Å². The molecule has 5 heteroatoms. The molecule has 3 aromatic carbocycles. The van der Waals surface area contributed by atoms with Crippen LogP contribution in [0.5, 0.6) is 5.75 Å². The van der Waals surface area contributed by atoms with Gasteiger partial charge < -0.3 is 14.9 Å². The lowest BCUT2D eigenvalue weighted by Gasteiger charge is -2.17. The molecule has 0 heterocycles. The third-order valence-corrected chi connectivity index (χ3v) is 5.06. The van der Waals surface area contributed by atoms with Gasteiger partial charge in [0.2, 0.25) is 0 Å². The third kappa shape index (κ3) is 4.10. The highest BCUT2D eigenvalue weighted by molar-refractivity contribution is 9.10. The summed E-state index contributed by atoms with van der Waals surface area (Å²) in [5.41, 5.74) is 2.71. The van der Waals surface area contributed by atoms with Crippen LogP contribution in [-0.4, -0.2) is 17.3 Å². The maximum Gasteiger partial charge on any atom is 0.118 e. The zero-order valence-electron chi connectivity index (χ0n) is 14.1. The van der Waals surface area contributed by atoms with E-state index in [1.54, 1.807) is 37.4 Å². The zero-order chi connectivity index (χ0) is 18.7. The minimum atomic E-state index is -0.886. The van der Waals surface area contributed by atoms with E-state index in [2.05, 4.69) is 15.9 Å². The van der Waals surface area contributed by atoms with E-state index in [4.69, 9.17) is 16.3 Å². The Kier molecular flexibility index (Phi) is 5.99. The fourth-order valence-corrected chi connectivity index (χ4v) is 3.38. The van der Waals surface area contributed by atoms with Crippen LogP contribution in [0.1, 0.15) is 34.5 Å². The molecule has 0 radical (unpaired) electrons. The van der Waals surface area contributed by atoms with Crippen molar-refractivity contribution in [3.05, 3.63) is 98.5 Å². The van der Waals surface area contributed by atoms with Crippen molar-refractivity contribution in [2.75, 3.05) is 7.11 Å². The van der Waals surface area contributed by atoms with Gasteiger partial charge in [-0.3, -0.25) is 0 Å². The first-order valence-corrected chi connectivity index (χ1v) is 9.21. The Labute approximate surface area is 166 Å². The molecular formula is C21H18BrClO3. The summed E-state index contributed by atoms with van der Waals surface area (Å²) in [7, 11) is 1.60. The van der Waals surface area contributed by atoms with Gasteiger partial charge in [-0.05, 0) is 53.1 Å². The molecule has 2 unspecified atom stereocenters. The molecule has 134 valence electrons. The number of hydrogen-bond acceptors (Lipinski definition) is 3. The largest absolute Gasteiger partial charge is 0.497 e. The second-order valence-electron chi connectivity index (χ2n) is 5.91. The second kappa shape index (κ2) is 8.23. The molecule has 0 aromatic heterocycles. The van der Waals surface area contributed by atoms with Gasteiger partial charge in [-0.25, -0.2) is 0 Å². The van der Waals surface area contributed by atoms with Gasteiger partial charge in [0.15, 0.2) is 0 Å². The molecule has 3 aromatic rings. The van der Waals surface area contributed by atoms with E-state index in [0.29, 0.717) is 21.7 Å². The first-order chi connectivity index (χ1) is 12.5. The SMILES string of the molecule is COc1ccc(C(O)c2cccc(C(O)c3cc(Br)ccc3Cl)c2)cc1. The molecule has 0 aliphatic rings. The Morgan fingerprint density at radius 1 is 0.846 bits per heavy atom. The van der Waals surface area contributed by atoms with Gasteiger partial charge in [-0.15, -0.1) is 0 Å².